The molecule has 0 unspecified atom stereocenters. The van der Waals surface area contributed by atoms with Gasteiger partial charge in [0.15, 0.2) is 0 Å². The molecule has 0 bridgehead atoms. The van der Waals surface area contributed by atoms with E-state index in [4.69, 9.17) is 0 Å². The Morgan fingerprint density at radius 1 is 0.694 bits per heavy atom. The Bertz CT molecular complexity index is 1580. The summed E-state index contributed by atoms with van der Waals surface area (Å²) in [6.07, 6.45) is 0. The van der Waals surface area contributed by atoms with Crippen molar-refractivity contribution in [1.29, 1.82) is 0 Å². The molecule has 4 aromatic carbocycles. The fourth-order valence-electron chi connectivity index (χ4n) is 3.90. The van der Waals surface area contributed by atoms with E-state index in [0.717, 1.165) is 16.7 Å². The number of fused-ring (bicyclic) bond motifs is 1. The molecule has 0 saturated heterocycles. The van der Waals surface area contributed by atoms with E-state index in [2.05, 4.69) is 15.6 Å². The quantitative estimate of drug-likeness (QED) is 0.317. The van der Waals surface area contributed by atoms with E-state index in [1.807, 2.05) is 11.5 Å². The lowest BCUT2D eigenvalue weighted by molar-refractivity contribution is 0.101. The molecule has 2 N–H and O–H groups in total. The fraction of sp³-hybridized carbons (Fsp3) is 0.0357. The number of nitrogens with one attached hydrogen (secondary N) is 2. The topological polar surface area (TPSA) is 76.0 Å². The third-order valence-corrected chi connectivity index (χ3v) is 5.68. The molecule has 0 aliphatic heterocycles. The van der Waals surface area contributed by atoms with Crippen molar-refractivity contribution in [1.82, 2.24) is 9.55 Å². The number of hydrogen-bond donors (Lipinski definition) is 2. The molecule has 0 aliphatic carbocycles. The highest BCUT2D eigenvalue weighted by molar-refractivity contribution is 6.07. The van der Waals surface area contributed by atoms with Crippen LogP contribution < -0.4 is 10.6 Å². The van der Waals surface area contributed by atoms with Crippen molar-refractivity contribution in [3.63, 3.8) is 0 Å². The van der Waals surface area contributed by atoms with E-state index >= 15 is 0 Å². The highest BCUT2D eigenvalue weighted by Crippen LogP contribution is 2.24. The van der Waals surface area contributed by atoms with Gasteiger partial charge in [0.2, 0.25) is 0 Å². The molecule has 0 fully saturated rings. The van der Waals surface area contributed by atoms with E-state index in [-0.39, 0.29) is 17.6 Å². The molecule has 1 heterocycles. The first kappa shape index (κ1) is 22.9. The van der Waals surface area contributed by atoms with Crippen molar-refractivity contribution in [2.45, 2.75) is 6.92 Å². The molecule has 5 rings (SSSR count). The molecule has 6 nitrogen and oxygen atoms in total. The molecule has 36 heavy (non-hydrogen) atoms. The molecule has 0 radical (unpaired) electrons. The second-order valence-corrected chi connectivity index (χ2v) is 8.17. The standard InChI is InChI=1S/C28H20F2N4O2/c1-17-31-25-15-4-19(16-26(25)34(17)24-13-7-21(30)8-14-24)28(36)33-23-11-9-22(10-12-23)32-27(35)18-2-5-20(29)6-3-18/h2-16H,1H3,(H,32,35)(H,33,36). The Hall–Kier alpha value is -4.85. The van der Waals surface area contributed by atoms with Crippen molar-refractivity contribution in [2.24, 2.45) is 0 Å². The number of carbonyl (C=O) groups excluding carboxylic acids is 2. The monoisotopic (exact) mass is 482 g/mol. The first-order chi connectivity index (χ1) is 17.4. The number of halogens is 2. The number of nitrogens with zero attached hydrogens (tertiary/aromatic N) is 2. The second kappa shape index (κ2) is 9.42. The maximum atomic E-state index is 13.4. The summed E-state index contributed by atoms with van der Waals surface area (Å²) < 4.78 is 28.3. The summed E-state index contributed by atoms with van der Waals surface area (Å²) in [5.74, 6) is -0.715. The maximum Gasteiger partial charge on any atom is 0.255 e. The Kier molecular flexibility index (Phi) is 6.00. The van der Waals surface area contributed by atoms with Crippen molar-refractivity contribution in [3.8, 4) is 5.69 Å². The van der Waals surface area contributed by atoms with Crippen LogP contribution in [-0.2, 0) is 0 Å². The lowest BCUT2D eigenvalue weighted by Crippen LogP contribution is -2.13. The van der Waals surface area contributed by atoms with Crippen LogP contribution in [0.1, 0.15) is 26.5 Å². The zero-order valence-electron chi connectivity index (χ0n) is 19.1. The smallest absolute Gasteiger partial charge is 0.255 e. The number of benzene rings is 4. The van der Waals surface area contributed by atoms with E-state index in [9.17, 15) is 18.4 Å². The number of imidazole rings is 1. The molecule has 0 atom stereocenters. The molecule has 1 aromatic heterocycles. The van der Waals surface area contributed by atoms with Crippen molar-refractivity contribution >= 4 is 34.2 Å². The predicted molar refractivity (Wildman–Crippen MR) is 135 cm³/mol. The first-order valence-corrected chi connectivity index (χ1v) is 11.1. The Morgan fingerprint density at radius 2 is 1.19 bits per heavy atom. The van der Waals surface area contributed by atoms with Crippen LogP contribution in [0.4, 0.5) is 20.2 Å². The third kappa shape index (κ3) is 4.69. The SMILES string of the molecule is Cc1nc2ccc(C(=O)Nc3ccc(NC(=O)c4ccc(F)cc4)cc3)cc2n1-c1ccc(F)cc1. The Morgan fingerprint density at radius 3 is 1.78 bits per heavy atom. The van der Waals surface area contributed by atoms with Crippen molar-refractivity contribution < 1.29 is 18.4 Å². The van der Waals surface area contributed by atoms with Gasteiger partial charge < -0.3 is 10.6 Å². The van der Waals surface area contributed by atoms with Crippen molar-refractivity contribution in [3.05, 3.63) is 120 Å². The fourth-order valence-corrected chi connectivity index (χ4v) is 3.90. The van der Waals surface area contributed by atoms with Gasteiger partial charge in [-0.15, -0.1) is 0 Å². The average Bonchev–Trinajstić information content (AvgIpc) is 3.21. The minimum absolute atomic E-state index is 0.315. The second-order valence-electron chi connectivity index (χ2n) is 8.17. The summed E-state index contributed by atoms with van der Waals surface area (Å²) in [6, 6.07) is 23.2. The minimum Gasteiger partial charge on any atom is -0.322 e. The van der Waals surface area contributed by atoms with Gasteiger partial charge >= 0.3 is 0 Å². The Balaban J connectivity index is 1.32. The van der Waals surface area contributed by atoms with Gasteiger partial charge in [0, 0.05) is 28.2 Å². The predicted octanol–water partition coefficient (Wildman–Crippen LogP) is 6.12. The van der Waals surface area contributed by atoms with Crippen LogP contribution in [0.15, 0.2) is 91.0 Å². The summed E-state index contributed by atoms with van der Waals surface area (Å²) in [4.78, 5) is 29.8. The molecule has 2 amide bonds. The molecule has 0 spiro atoms. The lowest BCUT2D eigenvalue weighted by Gasteiger charge is -2.10. The normalized spacial score (nSPS) is 10.9. The summed E-state index contributed by atoms with van der Waals surface area (Å²) in [5.41, 5.74) is 4.02. The first-order valence-electron chi connectivity index (χ1n) is 11.1. The van der Waals surface area contributed by atoms with Gasteiger partial charge in [-0.2, -0.15) is 0 Å². The number of rotatable bonds is 5. The van der Waals surface area contributed by atoms with Crippen LogP contribution in [0.5, 0.6) is 0 Å². The highest BCUT2D eigenvalue weighted by atomic mass is 19.1. The van der Waals surface area contributed by atoms with Crippen LogP contribution in [0, 0.1) is 18.6 Å². The van der Waals surface area contributed by atoms with Gasteiger partial charge in [-0.3, -0.25) is 14.2 Å². The van der Waals surface area contributed by atoms with Gasteiger partial charge in [-0.1, -0.05) is 0 Å². The van der Waals surface area contributed by atoms with Crippen LogP contribution in [0.25, 0.3) is 16.7 Å². The van der Waals surface area contributed by atoms with E-state index in [0.29, 0.717) is 28.3 Å². The number of amides is 2. The number of carbonyl (C=O) groups is 2. The molecule has 178 valence electrons. The highest BCUT2D eigenvalue weighted by Gasteiger charge is 2.14. The van der Waals surface area contributed by atoms with Gasteiger partial charge in [0.05, 0.1) is 11.0 Å². The van der Waals surface area contributed by atoms with Gasteiger partial charge in [0.1, 0.15) is 17.5 Å². The summed E-state index contributed by atoms with van der Waals surface area (Å²) in [5, 5.41) is 5.57. The largest absolute Gasteiger partial charge is 0.322 e. The van der Waals surface area contributed by atoms with Gasteiger partial charge in [-0.05, 0) is 97.9 Å². The van der Waals surface area contributed by atoms with Gasteiger partial charge in [0.25, 0.3) is 11.8 Å². The summed E-state index contributed by atoms with van der Waals surface area (Å²) in [7, 11) is 0. The molecular formula is C28H20F2N4O2. The van der Waals surface area contributed by atoms with E-state index in [1.54, 1.807) is 54.6 Å². The maximum absolute atomic E-state index is 13.4. The molecular weight excluding hydrogens is 462 g/mol. The van der Waals surface area contributed by atoms with Crippen molar-refractivity contribution in [2.75, 3.05) is 10.6 Å². The average molecular weight is 482 g/mol. The lowest BCUT2D eigenvalue weighted by atomic mass is 10.1. The van der Waals surface area contributed by atoms with Crippen LogP contribution >= 0.6 is 0 Å². The summed E-state index contributed by atoms with van der Waals surface area (Å²) >= 11 is 0. The van der Waals surface area contributed by atoms with E-state index in [1.165, 1.54) is 36.4 Å². The number of anilines is 2. The molecule has 0 aliphatic rings. The zero-order valence-corrected chi connectivity index (χ0v) is 19.1. The number of aromatic nitrogens is 2. The number of hydrogen-bond acceptors (Lipinski definition) is 3. The zero-order chi connectivity index (χ0) is 25.2. The third-order valence-electron chi connectivity index (χ3n) is 5.68. The van der Waals surface area contributed by atoms with Gasteiger partial charge in [-0.25, -0.2) is 13.8 Å². The van der Waals surface area contributed by atoms with Crippen LogP contribution in [-0.4, -0.2) is 21.4 Å². The number of aryl methyl sites for hydroxylation is 1. The van der Waals surface area contributed by atoms with Crippen LogP contribution in [0.2, 0.25) is 0 Å². The van der Waals surface area contributed by atoms with E-state index < -0.39 is 5.82 Å². The molecule has 8 heteroatoms. The summed E-state index contributed by atoms with van der Waals surface area (Å²) in [6.45, 7) is 1.85. The van der Waals surface area contributed by atoms with Crippen LogP contribution in [0.3, 0.4) is 0 Å². The Labute approximate surface area is 205 Å². The molecule has 0 saturated carbocycles. The molecule has 5 aromatic rings. The minimum atomic E-state index is -0.416.